The highest BCUT2D eigenvalue weighted by atomic mass is 32.2. The molecule has 0 aliphatic heterocycles. The number of amides is 2. The van der Waals surface area contributed by atoms with Crippen molar-refractivity contribution in [2.24, 2.45) is 0 Å². The number of halogens is 2. The molecule has 0 unspecified atom stereocenters. The number of thioether (sulfide) groups is 1. The largest absolute Gasteiger partial charge is 0.321 e. The third kappa shape index (κ3) is 6.90. The van der Waals surface area contributed by atoms with Gasteiger partial charge in [-0.25, -0.2) is 8.78 Å². The summed E-state index contributed by atoms with van der Waals surface area (Å²) in [6, 6.07) is 27.8. The predicted molar refractivity (Wildman–Crippen MR) is 139 cm³/mol. The Morgan fingerprint density at radius 2 is 1.53 bits per heavy atom. The van der Waals surface area contributed by atoms with Crippen molar-refractivity contribution < 1.29 is 18.4 Å². The van der Waals surface area contributed by atoms with Crippen LogP contribution in [-0.2, 0) is 10.5 Å². The molecule has 0 saturated carbocycles. The molecule has 4 nitrogen and oxygen atoms in total. The predicted octanol–water partition coefficient (Wildman–Crippen LogP) is 6.67. The van der Waals surface area contributed by atoms with Gasteiger partial charge in [-0.05, 0) is 65.7 Å². The minimum atomic E-state index is -0.542. The van der Waals surface area contributed by atoms with Crippen LogP contribution in [-0.4, -0.2) is 11.8 Å². The van der Waals surface area contributed by atoms with Crippen LogP contribution in [0.2, 0.25) is 0 Å². The summed E-state index contributed by atoms with van der Waals surface area (Å²) in [5.74, 6) is -1.23. The van der Waals surface area contributed by atoms with Crippen molar-refractivity contribution in [2.45, 2.75) is 10.6 Å². The highest BCUT2D eigenvalue weighted by Crippen LogP contribution is 2.26. The molecule has 36 heavy (non-hydrogen) atoms. The maximum absolute atomic E-state index is 13.9. The zero-order valence-corrected chi connectivity index (χ0v) is 19.9. The Morgan fingerprint density at radius 1 is 0.806 bits per heavy atom. The molecule has 0 fully saturated rings. The SMILES string of the molecule is O=C(Nc1cccc(SCc2ccccc2F)c1)/C(=C/c1ccc(F)cc1)NC(=O)c1ccccc1. The van der Waals surface area contributed by atoms with E-state index >= 15 is 0 Å². The molecule has 0 heterocycles. The van der Waals surface area contributed by atoms with Gasteiger partial charge in [0.15, 0.2) is 0 Å². The Hall–Kier alpha value is -4.23. The van der Waals surface area contributed by atoms with Crippen LogP contribution in [0.15, 0.2) is 114 Å². The van der Waals surface area contributed by atoms with Crippen molar-refractivity contribution in [1.82, 2.24) is 5.32 Å². The second-order valence-corrected chi connectivity index (χ2v) is 8.84. The maximum Gasteiger partial charge on any atom is 0.272 e. The summed E-state index contributed by atoms with van der Waals surface area (Å²) in [7, 11) is 0. The molecule has 2 N–H and O–H groups in total. The van der Waals surface area contributed by atoms with Crippen LogP contribution in [0, 0.1) is 11.6 Å². The molecule has 4 aromatic carbocycles. The van der Waals surface area contributed by atoms with Crippen molar-refractivity contribution in [3.8, 4) is 0 Å². The van der Waals surface area contributed by atoms with E-state index < -0.39 is 17.6 Å². The van der Waals surface area contributed by atoms with Crippen LogP contribution in [0.4, 0.5) is 14.5 Å². The Labute approximate surface area is 212 Å². The average Bonchev–Trinajstić information content (AvgIpc) is 2.90. The molecule has 0 aliphatic rings. The lowest BCUT2D eigenvalue weighted by molar-refractivity contribution is -0.113. The summed E-state index contributed by atoms with van der Waals surface area (Å²) >= 11 is 1.44. The van der Waals surface area contributed by atoms with Crippen LogP contribution in [0.25, 0.3) is 6.08 Å². The van der Waals surface area contributed by atoms with Crippen molar-refractivity contribution in [3.63, 3.8) is 0 Å². The zero-order chi connectivity index (χ0) is 25.3. The van der Waals surface area contributed by atoms with E-state index in [4.69, 9.17) is 0 Å². The number of rotatable bonds is 8. The van der Waals surface area contributed by atoms with Gasteiger partial charge in [0.1, 0.15) is 17.3 Å². The van der Waals surface area contributed by atoms with E-state index in [0.717, 1.165) is 4.90 Å². The summed E-state index contributed by atoms with van der Waals surface area (Å²) in [6.45, 7) is 0. The van der Waals surface area contributed by atoms with Gasteiger partial charge in [0.25, 0.3) is 11.8 Å². The fourth-order valence-corrected chi connectivity index (χ4v) is 4.25. The normalized spacial score (nSPS) is 11.1. The Balaban J connectivity index is 1.51. The van der Waals surface area contributed by atoms with Crippen LogP contribution in [0.5, 0.6) is 0 Å². The lowest BCUT2D eigenvalue weighted by Crippen LogP contribution is -2.30. The van der Waals surface area contributed by atoms with E-state index in [1.807, 2.05) is 6.07 Å². The summed E-state index contributed by atoms with van der Waals surface area (Å²) < 4.78 is 27.3. The molecule has 0 spiro atoms. The highest BCUT2D eigenvalue weighted by molar-refractivity contribution is 7.98. The topological polar surface area (TPSA) is 58.2 Å². The van der Waals surface area contributed by atoms with Gasteiger partial charge in [-0.1, -0.05) is 54.6 Å². The average molecular weight is 501 g/mol. The Bertz CT molecular complexity index is 1390. The summed E-state index contributed by atoms with van der Waals surface area (Å²) in [5, 5.41) is 5.45. The van der Waals surface area contributed by atoms with Gasteiger partial charge in [0, 0.05) is 21.9 Å². The van der Waals surface area contributed by atoms with Gasteiger partial charge >= 0.3 is 0 Å². The second kappa shape index (κ2) is 12.0. The first-order valence-corrected chi connectivity index (χ1v) is 12.1. The smallest absolute Gasteiger partial charge is 0.272 e. The van der Waals surface area contributed by atoms with Crippen LogP contribution in [0.1, 0.15) is 21.5 Å². The number of carbonyl (C=O) groups excluding carboxylic acids is 2. The minimum absolute atomic E-state index is 0.000117. The summed E-state index contributed by atoms with van der Waals surface area (Å²) in [4.78, 5) is 26.7. The molecule has 0 bridgehead atoms. The standard InChI is InChI=1S/C29H22F2N2O2S/c30-23-15-13-20(14-16-23)17-27(33-28(34)21-7-2-1-3-8-21)29(35)32-24-10-6-11-25(18-24)36-19-22-9-4-5-12-26(22)31/h1-18H,19H2,(H,32,35)(H,33,34)/b27-17-. The molecule has 7 heteroatoms. The van der Waals surface area contributed by atoms with Crippen LogP contribution >= 0.6 is 11.8 Å². The van der Waals surface area contributed by atoms with Crippen LogP contribution in [0.3, 0.4) is 0 Å². The third-order valence-electron chi connectivity index (χ3n) is 5.15. The molecule has 0 radical (unpaired) electrons. The summed E-state index contributed by atoms with van der Waals surface area (Å²) in [6.07, 6.45) is 1.48. The first kappa shape index (κ1) is 24.9. The van der Waals surface area contributed by atoms with Gasteiger partial charge in [0.05, 0.1) is 0 Å². The van der Waals surface area contributed by atoms with E-state index in [1.165, 1.54) is 48.2 Å². The van der Waals surface area contributed by atoms with Crippen LogP contribution < -0.4 is 10.6 Å². The van der Waals surface area contributed by atoms with Crippen molar-refractivity contribution in [1.29, 1.82) is 0 Å². The quantitative estimate of drug-likeness (QED) is 0.210. The fourth-order valence-electron chi connectivity index (χ4n) is 3.31. The molecule has 0 aromatic heterocycles. The Kier molecular flexibility index (Phi) is 8.26. The van der Waals surface area contributed by atoms with Gasteiger partial charge in [-0.2, -0.15) is 0 Å². The van der Waals surface area contributed by atoms with Gasteiger partial charge in [0.2, 0.25) is 0 Å². The second-order valence-electron chi connectivity index (χ2n) is 7.79. The van der Waals surface area contributed by atoms with Gasteiger partial charge in [-0.15, -0.1) is 11.8 Å². The molecule has 4 aromatic rings. The molecule has 0 saturated heterocycles. The molecule has 0 atom stereocenters. The van der Waals surface area contributed by atoms with E-state index in [0.29, 0.717) is 28.1 Å². The zero-order valence-electron chi connectivity index (χ0n) is 19.1. The number of benzene rings is 4. The first-order valence-electron chi connectivity index (χ1n) is 11.1. The number of carbonyl (C=O) groups is 2. The number of hydrogen-bond donors (Lipinski definition) is 2. The lowest BCUT2D eigenvalue weighted by Gasteiger charge is -2.12. The molecule has 180 valence electrons. The van der Waals surface area contributed by atoms with E-state index in [-0.39, 0.29) is 11.5 Å². The van der Waals surface area contributed by atoms with Crippen molar-refractivity contribution in [3.05, 3.63) is 137 Å². The number of nitrogens with one attached hydrogen (secondary N) is 2. The van der Waals surface area contributed by atoms with Gasteiger partial charge in [-0.3, -0.25) is 9.59 Å². The molecule has 2 amide bonds. The Morgan fingerprint density at radius 3 is 2.28 bits per heavy atom. The maximum atomic E-state index is 13.9. The van der Waals surface area contributed by atoms with Gasteiger partial charge < -0.3 is 10.6 Å². The molecule has 4 rings (SSSR count). The molecular weight excluding hydrogens is 478 g/mol. The van der Waals surface area contributed by atoms with Crippen molar-refractivity contribution >= 4 is 35.3 Å². The first-order chi connectivity index (χ1) is 17.5. The number of anilines is 1. The lowest BCUT2D eigenvalue weighted by atomic mass is 10.1. The van der Waals surface area contributed by atoms with E-state index in [2.05, 4.69) is 10.6 Å². The highest BCUT2D eigenvalue weighted by Gasteiger charge is 2.15. The minimum Gasteiger partial charge on any atom is -0.321 e. The molecular formula is C29H22F2N2O2S. The fraction of sp³-hybridized carbons (Fsp3) is 0.0345. The summed E-state index contributed by atoms with van der Waals surface area (Å²) in [5.41, 5.74) is 2.04. The van der Waals surface area contributed by atoms with E-state index in [1.54, 1.807) is 66.7 Å². The molecule has 0 aliphatic carbocycles. The van der Waals surface area contributed by atoms with E-state index in [9.17, 15) is 18.4 Å². The number of hydrogen-bond acceptors (Lipinski definition) is 3. The van der Waals surface area contributed by atoms with Crippen molar-refractivity contribution in [2.75, 3.05) is 5.32 Å². The monoisotopic (exact) mass is 500 g/mol. The third-order valence-corrected chi connectivity index (χ3v) is 6.20.